The van der Waals surface area contributed by atoms with Crippen LogP contribution in [-0.2, 0) is 11.0 Å². The van der Waals surface area contributed by atoms with E-state index < -0.39 is 17.6 Å². The van der Waals surface area contributed by atoms with Crippen molar-refractivity contribution in [1.82, 2.24) is 0 Å². The van der Waals surface area contributed by atoms with Gasteiger partial charge < -0.3 is 11.1 Å². The normalized spacial score (nSPS) is 11.6. The molecule has 0 atom stereocenters. The molecule has 0 aliphatic carbocycles. The standard InChI is InChI=1S/C16H13F3N2O/c17-16(18,19)12-2-1-3-14(10-12)21-15(22)9-6-11-4-7-13(20)8-5-11/h1-10H,20H2,(H,21,22)/b9-6+. The van der Waals surface area contributed by atoms with Crippen LogP contribution in [-0.4, -0.2) is 5.91 Å². The predicted molar refractivity (Wildman–Crippen MR) is 80.0 cm³/mol. The van der Waals surface area contributed by atoms with Gasteiger partial charge in [-0.2, -0.15) is 13.2 Å². The zero-order valence-electron chi connectivity index (χ0n) is 11.4. The monoisotopic (exact) mass is 306 g/mol. The van der Waals surface area contributed by atoms with Crippen LogP contribution in [0.4, 0.5) is 24.5 Å². The molecule has 0 aliphatic heterocycles. The Hall–Kier alpha value is -2.76. The molecule has 0 spiro atoms. The summed E-state index contributed by atoms with van der Waals surface area (Å²) in [4.78, 5) is 11.7. The van der Waals surface area contributed by atoms with Gasteiger partial charge in [0.2, 0.25) is 5.91 Å². The number of nitrogens with one attached hydrogen (secondary N) is 1. The molecule has 2 aromatic rings. The number of rotatable bonds is 3. The van der Waals surface area contributed by atoms with Gasteiger partial charge in [-0.1, -0.05) is 18.2 Å². The van der Waals surface area contributed by atoms with Gasteiger partial charge in [0.15, 0.2) is 0 Å². The van der Waals surface area contributed by atoms with Crippen molar-refractivity contribution >= 4 is 23.4 Å². The van der Waals surface area contributed by atoms with Gasteiger partial charge in [0, 0.05) is 17.5 Å². The van der Waals surface area contributed by atoms with Gasteiger partial charge in [-0.15, -0.1) is 0 Å². The number of anilines is 2. The van der Waals surface area contributed by atoms with Gasteiger partial charge in [0.05, 0.1) is 5.56 Å². The summed E-state index contributed by atoms with van der Waals surface area (Å²) in [5.74, 6) is -0.517. The molecule has 0 fully saturated rings. The summed E-state index contributed by atoms with van der Waals surface area (Å²) in [6.07, 6.45) is -1.66. The molecule has 0 heterocycles. The van der Waals surface area contributed by atoms with E-state index >= 15 is 0 Å². The summed E-state index contributed by atoms with van der Waals surface area (Å²) in [6.45, 7) is 0. The first-order valence-corrected chi connectivity index (χ1v) is 6.36. The first kappa shape index (κ1) is 15.6. The minimum absolute atomic E-state index is 0.0850. The van der Waals surface area contributed by atoms with Crippen LogP contribution in [0.1, 0.15) is 11.1 Å². The lowest BCUT2D eigenvalue weighted by Gasteiger charge is -2.08. The highest BCUT2D eigenvalue weighted by atomic mass is 19.4. The minimum atomic E-state index is -4.44. The number of nitrogen functional groups attached to an aromatic ring is 1. The number of hydrogen-bond donors (Lipinski definition) is 2. The molecule has 0 unspecified atom stereocenters. The molecule has 2 rings (SSSR count). The summed E-state index contributed by atoms with van der Waals surface area (Å²) in [6, 6.07) is 11.3. The SMILES string of the molecule is Nc1ccc(/C=C/C(=O)Nc2cccc(C(F)(F)F)c2)cc1. The van der Waals surface area contributed by atoms with Gasteiger partial charge in [-0.3, -0.25) is 4.79 Å². The Labute approximate surface area is 125 Å². The minimum Gasteiger partial charge on any atom is -0.399 e. The number of halogens is 3. The van der Waals surface area contributed by atoms with Gasteiger partial charge >= 0.3 is 6.18 Å². The van der Waals surface area contributed by atoms with Crippen LogP contribution in [0.3, 0.4) is 0 Å². The third-order valence-electron chi connectivity index (χ3n) is 2.82. The zero-order chi connectivity index (χ0) is 16.2. The molecule has 22 heavy (non-hydrogen) atoms. The van der Waals surface area contributed by atoms with Crippen molar-refractivity contribution in [3.8, 4) is 0 Å². The first-order chi connectivity index (χ1) is 10.3. The molecule has 0 saturated heterocycles. The molecule has 114 valence electrons. The lowest BCUT2D eigenvalue weighted by Crippen LogP contribution is -2.10. The van der Waals surface area contributed by atoms with Gasteiger partial charge in [-0.05, 0) is 42.0 Å². The number of alkyl halides is 3. The lowest BCUT2D eigenvalue weighted by atomic mass is 10.2. The Morgan fingerprint density at radius 2 is 1.77 bits per heavy atom. The van der Waals surface area contributed by atoms with E-state index in [0.717, 1.165) is 17.7 Å². The number of amides is 1. The summed E-state index contributed by atoms with van der Waals surface area (Å²) in [5, 5.41) is 2.39. The largest absolute Gasteiger partial charge is 0.416 e. The Kier molecular flexibility index (Phi) is 4.50. The molecule has 0 aliphatic rings. The van der Waals surface area contributed by atoms with Crippen LogP contribution < -0.4 is 11.1 Å². The van der Waals surface area contributed by atoms with E-state index in [0.29, 0.717) is 5.69 Å². The van der Waals surface area contributed by atoms with Crippen molar-refractivity contribution in [2.24, 2.45) is 0 Å². The van der Waals surface area contributed by atoms with Gasteiger partial charge in [-0.25, -0.2) is 0 Å². The van der Waals surface area contributed by atoms with Gasteiger partial charge in [0.1, 0.15) is 0 Å². The van der Waals surface area contributed by atoms with Crippen LogP contribution in [0.2, 0.25) is 0 Å². The highest BCUT2D eigenvalue weighted by molar-refractivity contribution is 6.01. The lowest BCUT2D eigenvalue weighted by molar-refractivity contribution is -0.137. The van der Waals surface area contributed by atoms with Crippen molar-refractivity contribution in [2.45, 2.75) is 6.18 Å². The molecule has 0 saturated carbocycles. The molecule has 0 radical (unpaired) electrons. The van der Waals surface area contributed by atoms with E-state index in [9.17, 15) is 18.0 Å². The molecule has 0 bridgehead atoms. The van der Waals surface area contributed by atoms with Crippen LogP contribution in [0.25, 0.3) is 6.08 Å². The maximum absolute atomic E-state index is 12.6. The molecule has 2 aromatic carbocycles. The molecular formula is C16H13F3N2O. The van der Waals surface area contributed by atoms with Crippen molar-refractivity contribution in [2.75, 3.05) is 11.1 Å². The maximum Gasteiger partial charge on any atom is 0.416 e. The zero-order valence-corrected chi connectivity index (χ0v) is 11.4. The topological polar surface area (TPSA) is 55.1 Å². The van der Waals surface area contributed by atoms with Crippen LogP contribution >= 0.6 is 0 Å². The van der Waals surface area contributed by atoms with E-state index in [2.05, 4.69) is 5.32 Å². The number of carbonyl (C=O) groups excluding carboxylic acids is 1. The first-order valence-electron chi connectivity index (χ1n) is 6.36. The van der Waals surface area contributed by atoms with Crippen molar-refractivity contribution in [3.05, 3.63) is 65.7 Å². The van der Waals surface area contributed by atoms with Crippen molar-refractivity contribution in [3.63, 3.8) is 0 Å². The highest BCUT2D eigenvalue weighted by Crippen LogP contribution is 2.30. The van der Waals surface area contributed by atoms with Crippen LogP contribution in [0.5, 0.6) is 0 Å². The average Bonchev–Trinajstić information content (AvgIpc) is 2.46. The fourth-order valence-corrected chi connectivity index (χ4v) is 1.74. The average molecular weight is 306 g/mol. The predicted octanol–water partition coefficient (Wildman–Crippen LogP) is 3.94. The molecular weight excluding hydrogens is 293 g/mol. The fraction of sp³-hybridized carbons (Fsp3) is 0.0625. The number of nitrogens with two attached hydrogens (primary N) is 1. The highest BCUT2D eigenvalue weighted by Gasteiger charge is 2.30. The number of carbonyl (C=O) groups is 1. The van der Waals surface area contributed by atoms with E-state index in [1.807, 2.05) is 0 Å². The maximum atomic E-state index is 12.6. The van der Waals surface area contributed by atoms with E-state index in [1.165, 1.54) is 18.2 Å². The third kappa shape index (κ3) is 4.37. The van der Waals surface area contributed by atoms with Crippen molar-refractivity contribution in [1.29, 1.82) is 0 Å². The second-order valence-corrected chi connectivity index (χ2v) is 4.57. The molecule has 3 nitrogen and oxygen atoms in total. The van der Waals surface area contributed by atoms with Gasteiger partial charge in [0.25, 0.3) is 0 Å². The number of hydrogen-bond acceptors (Lipinski definition) is 2. The third-order valence-corrected chi connectivity index (χ3v) is 2.82. The second kappa shape index (κ2) is 6.34. The molecule has 6 heteroatoms. The quantitative estimate of drug-likeness (QED) is 0.666. The molecule has 3 N–H and O–H groups in total. The van der Waals surface area contributed by atoms with Crippen molar-refractivity contribution < 1.29 is 18.0 Å². The summed E-state index contributed by atoms with van der Waals surface area (Å²) in [7, 11) is 0. The Bertz CT molecular complexity index is 691. The second-order valence-electron chi connectivity index (χ2n) is 4.57. The number of benzene rings is 2. The Balaban J connectivity index is 2.04. The smallest absolute Gasteiger partial charge is 0.399 e. The van der Waals surface area contributed by atoms with Crippen LogP contribution in [0, 0.1) is 0 Å². The summed E-state index contributed by atoms with van der Waals surface area (Å²) < 4.78 is 37.7. The van der Waals surface area contributed by atoms with E-state index in [1.54, 1.807) is 30.3 Å². The van der Waals surface area contributed by atoms with Crippen LogP contribution in [0.15, 0.2) is 54.6 Å². The van der Waals surface area contributed by atoms with E-state index in [4.69, 9.17) is 5.73 Å². The Morgan fingerprint density at radius 1 is 1.09 bits per heavy atom. The molecule has 1 amide bonds. The summed E-state index contributed by atoms with van der Waals surface area (Å²) in [5.41, 5.74) is 6.17. The Morgan fingerprint density at radius 3 is 2.41 bits per heavy atom. The fourth-order valence-electron chi connectivity index (χ4n) is 1.74. The molecule has 0 aromatic heterocycles. The summed E-state index contributed by atoms with van der Waals surface area (Å²) >= 11 is 0. The van der Waals surface area contributed by atoms with E-state index in [-0.39, 0.29) is 5.69 Å².